The van der Waals surface area contributed by atoms with Gasteiger partial charge in [0.1, 0.15) is 0 Å². The Morgan fingerprint density at radius 2 is 1.29 bits per heavy atom. The van der Waals surface area contributed by atoms with Gasteiger partial charge in [-0.1, -0.05) is 46.0 Å². The van der Waals surface area contributed by atoms with Crippen molar-refractivity contribution < 1.29 is 38.1 Å². The van der Waals surface area contributed by atoms with Crippen LogP contribution in [0.1, 0.15) is 52.4 Å². The van der Waals surface area contributed by atoms with E-state index in [9.17, 15) is 0 Å². The van der Waals surface area contributed by atoms with Crippen LogP contribution in [-0.2, 0) is 21.7 Å². The molecule has 0 radical (unpaired) electrons. The Hall–Kier alpha value is 0.594. The minimum Gasteiger partial charge on any atom is -0.412 e. The molecule has 0 spiro atoms. The summed E-state index contributed by atoms with van der Waals surface area (Å²) in [6.07, 6.45) is 8.04. The van der Waals surface area contributed by atoms with Gasteiger partial charge in [-0.3, -0.25) is 0 Å². The van der Waals surface area contributed by atoms with Crippen LogP contribution in [0.5, 0.6) is 0 Å². The fourth-order valence-electron chi connectivity index (χ4n) is 1.08. The molecule has 0 aromatic rings. The van der Waals surface area contributed by atoms with E-state index in [1.165, 1.54) is 32.1 Å². The van der Waals surface area contributed by atoms with E-state index in [1.54, 1.807) is 0 Å². The van der Waals surface area contributed by atoms with E-state index in [0.29, 0.717) is 0 Å². The van der Waals surface area contributed by atoms with Gasteiger partial charge in [0, 0.05) is 21.7 Å². The zero-order chi connectivity index (χ0) is 7.82. The summed E-state index contributed by atoms with van der Waals surface area (Å²) in [6, 6.07) is 0. The van der Waals surface area contributed by atoms with Gasteiger partial charge in [-0.05, 0) is 5.92 Å². The molecule has 3 nitrogen and oxygen atoms in total. The third-order valence-electron chi connectivity index (χ3n) is 1.78. The molecular weight excluding hydrogens is 216 g/mol. The monoisotopic (exact) mass is 243 g/mol. The summed E-state index contributed by atoms with van der Waals surface area (Å²) in [5.41, 5.74) is 0. The molecule has 0 heterocycles. The Kier molecular flexibility index (Phi) is 49.0. The maximum absolute atomic E-state index is 3.82. The van der Waals surface area contributed by atoms with Crippen LogP contribution >= 0.6 is 0 Å². The Balaban J connectivity index is -0.0000000675. The molecule has 0 aliphatic heterocycles. The summed E-state index contributed by atoms with van der Waals surface area (Å²) < 4.78 is 0. The zero-order valence-corrected chi connectivity index (χ0v) is 11.1. The molecule has 0 amide bonds. The van der Waals surface area contributed by atoms with Crippen LogP contribution in [0.4, 0.5) is 0 Å². The molecule has 0 saturated carbocycles. The molecule has 4 heteroatoms. The quantitative estimate of drug-likeness (QED) is 0.382. The zero-order valence-electron chi connectivity index (χ0n) is 9.53. The van der Waals surface area contributed by atoms with Gasteiger partial charge in [-0.2, -0.15) is 6.42 Å². The Morgan fingerprint density at radius 1 is 0.857 bits per heavy atom. The number of rotatable bonds is 6. The molecule has 0 aromatic heterocycles. The van der Waals surface area contributed by atoms with Gasteiger partial charge in [0.2, 0.25) is 0 Å². The average Bonchev–Trinajstić information content (AvgIpc) is 1.87. The summed E-state index contributed by atoms with van der Waals surface area (Å²) in [5, 5.41) is 0. The molecule has 0 bridgehead atoms. The standard InChI is InChI=1S/C10H21.3H2O.Ti/c1-4-5-6-7-8-9-10(2)3;;;;/h10H,1,4-9H2,2-3H3;3*1H2;/q-1;;;;. The van der Waals surface area contributed by atoms with Crippen molar-refractivity contribution in [3.05, 3.63) is 6.92 Å². The minimum absolute atomic E-state index is 0. The predicted octanol–water partition coefficient (Wildman–Crippen LogP) is 1.34. The van der Waals surface area contributed by atoms with Crippen molar-refractivity contribution >= 4 is 0 Å². The first kappa shape index (κ1) is 29.3. The SMILES string of the molecule is O.O.O.[CH2-]CCCCCCC(C)C.[Ti]. The van der Waals surface area contributed by atoms with Crippen molar-refractivity contribution in [2.45, 2.75) is 52.4 Å². The number of unbranched alkanes of at least 4 members (excludes halogenated alkanes) is 4. The molecule has 0 rings (SSSR count). The van der Waals surface area contributed by atoms with Crippen molar-refractivity contribution in [1.82, 2.24) is 0 Å². The number of hydrogen-bond acceptors (Lipinski definition) is 0. The smallest absolute Gasteiger partial charge is 0 e. The normalized spacial score (nSPS) is 7.71. The summed E-state index contributed by atoms with van der Waals surface area (Å²) in [7, 11) is 0. The third-order valence-corrected chi connectivity index (χ3v) is 1.78. The van der Waals surface area contributed by atoms with Crippen LogP contribution in [-0.4, -0.2) is 16.4 Å². The third kappa shape index (κ3) is 29.4. The topological polar surface area (TPSA) is 94.5 Å². The first-order valence-electron chi connectivity index (χ1n) is 4.56. The van der Waals surface area contributed by atoms with Crippen LogP contribution in [0.15, 0.2) is 0 Å². The van der Waals surface area contributed by atoms with E-state index in [4.69, 9.17) is 0 Å². The summed E-state index contributed by atoms with van der Waals surface area (Å²) in [4.78, 5) is 0. The largest absolute Gasteiger partial charge is 0.412 e. The van der Waals surface area contributed by atoms with E-state index in [2.05, 4.69) is 20.8 Å². The summed E-state index contributed by atoms with van der Waals surface area (Å²) >= 11 is 0. The van der Waals surface area contributed by atoms with Crippen molar-refractivity contribution in [3.63, 3.8) is 0 Å². The van der Waals surface area contributed by atoms with Gasteiger partial charge >= 0.3 is 0 Å². The van der Waals surface area contributed by atoms with Crippen molar-refractivity contribution in [1.29, 1.82) is 0 Å². The maximum Gasteiger partial charge on any atom is 0 e. The van der Waals surface area contributed by atoms with E-state index < -0.39 is 0 Å². The molecular formula is C10H27O3Ti-. The summed E-state index contributed by atoms with van der Waals surface area (Å²) in [5.74, 6) is 0.889. The molecule has 0 aliphatic rings. The second-order valence-electron chi connectivity index (χ2n) is 3.45. The molecule has 0 aliphatic carbocycles. The van der Waals surface area contributed by atoms with Gasteiger partial charge in [-0.25, -0.2) is 0 Å². The predicted molar refractivity (Wildman–Crippen MR) is 58.7 cm³/mol. The fraction of sp³-hybridized carbons (Fsp3) is 0.900. The fourth-order valence-corrected chi connectivity index (χ4v) is 1.08. The Labute approximate surface area is 103 Å². The van der Waals surface area contributed by atoms with Crippen molar-refractivity contribution in [2.75, 3.05) is 0 Å². The van der Waals surface area contributed by atoms with Crippen molar-refractivity contribution in [3.8, 4) is 0 Å². The maximum atomic E-state index is 3.82. The first-order chi connectivity index (χ1) is 4.77. The molecule has 14 heavy (non-hydrogen) atoms. The van der Waals surface area contributed by atoms with Gasteiger partial charge in [0.25, 0.3) is 0 Å². The van der Waals surface area contributed by atoms with E-state index in [-0.39, 0.29) is 38.1 Å². The second-order valence-corrected chi connectivity index (χ2v) is 3.45. The van der Waals surface area contributed by atoms with Crippen LogP contribution in [0.3, 0.4) is 0 Å². The Bertz CT molecular complexity index is 70.4. The Morgan fingerprint density at radius 3 is 1.64 bits per heavy atom. The first-order valence-corrected chi connectivity index (χ1v) is 4.56. The van der Waals surface area contributed by atoms with Crippen LogP contribution in [0, 0.1) is 12.8 Å². The minimum atomic E-state index is 0. The molecule has 0 saturated heterocycles. The molecule has 90 valence electrons. The molecule has 6 N–H and O–H groups in total. The number of hydrogen-bond donors (Lipinski definition) is 0. The van der Waals surface area contributed by atoms with E-state index >= 15 is 0 Å². The van der Waals surface area contributed by atoms with Crippen LogP contribution in [0.2, 0.25) is 0 Å². The van der Waals surface area contributed by atoms with Gasteiger partial charge < -0.3 is 23.4 Å². The summed E-state index contributed by atoms with van der Waals surface area (Å²) in [6.45, 7) is 8.40. The average molecular weight is 243 g/mol. The molecule has 0 atom stereocenters. The van der Waals surface area contributed by atoms with Gasteiger partial charge in [0.05, 0.1) is 0 Å². The van der Waals surface area contributed by atoms with E-state index in [0.717, 1.165) is 12.3 Å². The molecule has 0 aromatic carbocycles. The van der Waals surface area contributed by atoms with Crippen LogP contribution < -0.4 is 0 Å². The van der Waals surface area contributed by atoms with Gasteiger partial charge in [-0.15, -0.1) is 0 Å². The molecule has 0 unspecified atom stereocenters. The van der Waals surface area contributed by atoms with Crippen LogP contribution in [0.25, 0.3) is 0 Å². The van der Waals surface area contributed by atoms with Gasteiger partial charge in [0.15, 0.2) is 0 Å². The van der Waals surface area contributed by atoms with Crippen molar-refractivity contribution in [2.24, 2.45) is 5.92 Å². The molecule has 0 fully saturated rings. The van der Waals surface area contributed by atoms with E-state index in [1.807, 2.05) is 0 Å². The second kappa shape index (κ2) is 23.4.